The number of hydrogen-bond acceptors (Lipinski definition) is 3. The third-order valence-electron chi connectivity index (χ3n) is 2.28. The highest BCUT2D eigenvalue weighted by molar-refractivity contribution is 8.03. The molecule has 0 saturated carbocycles. The maximum Gasteiger partial charge on any atom is 0.324 e. The predicted molar refractivity (Wildman–Crippen MR) is 74.7 cm³/mol. The van der Waals surface area contributed by atoms with Gasteiger partial charge < -0.3 is 10.1 Å². The lowest BCUT2D eigenvalue weighted by Gasteiger charge is -2.18. The molecule has 0 atom stereocenters. The molecule has 0 fully saturated rings. The van der Waals surface area contributed by atoms with Crippen LogP contribution in [-0.2, 0) is 4.74 Å². The number of carbonyl (C=O) groups is 1. The lowest BCUT2D eigenvalue weighted by Crippen LogP contribution is -2.29. The first-order valence-corrected chi connectivity index (χ1v) is 6.81. The number of halogens is 1. The highest BCUT2D eigenvalue weighted by Crippen LogP contribution is 2.23. The van der Waals surface area contributed by atoms with Crippen molar-refractivity contribution < 1.29 is 9.53 Å². The zero-order valence-electron chi connectivity index (χ0n) is 9.83. The number of nitrogens with one attached hydrogen (secondary N) is 2. The summed E-state index contributed by atoms with van der Waals surface area (Å²) in [6.07, 6.45) is 0. The van der Waals surface area contributed by atoms with E-state index in [-0.39, 0.29) is 6.03 Å². The molecule has 0 spiro atoms. The molecule has 1 aromatic carbocycles. The Morgan fingerprint density at radius 1 is 1.44 bits per heavy atom. The molecule has 1 aliphatic heterocycles. The lowest BCUT2D eigenvalue weighted by molar-refractivity contribution is 0.225. The average molecular weight is 285 g/mol. The van der Waals surface area contributed by atoms with Crippen LogP contribution < -0.4 is 10.6 Å². The van der Waals surface area contributed by atoms with Crippen molar-refractivity contribution in [3.8, 4) is 0 Å². The first-order valence-electron chi connectivity index (χ1n) is 5.45. The number of carbonyl (C=O) groups excluding carboxylic acids is 1. The first-order chi connectivity index (χ1) is 8.65. The van der Waals surface area contributed by atoms with Crippen LogP contribution >= 0.6 is 23.4 Å². The van der Waals surface area contributed by atoms with Gasteiger partial charge in [0.1, 0.15) is 10.8 Å². The van der Waals surface area contributed by atoms with Crippen molar-refractivity contribution in [2.75, 3.05) is 17.7 Å². The molecule has 6 heteroatoms. The molecule has 18 heavy (non-hydrogen) atoms. The topological polar surface area (TPSA) is 50.4 Å². The van der Waals surface area contributed by atoms with Gasteiger partial charge in [0.25, 0.3) is 0 Å². The number of thioether (sulfide) groups is 1. The van der Waals surface area contributed by atoms with Crippen LogP contribution in [0.25, 0.3) is 0 Å². The van der Waals surface area contributed by atoms with Gasteiger partial charge in [-0.15, -0.1) is 11.8 Å². The largest absolute Gasteiger partial charge is 0.495 e. The minimum atomic E-state index is -0.301. The van der Waals surface area contributed by atoms with Gasteiger partial charge in [0.05, 0.1) is 6.61 Å². The summed E-state index contributed by atoms with van der Waals surface area (Å²) in [5.41, 5.74) is 0.653. The van der Waals surface area contributed by atoms with Crippen LogP contribution in [0.2, 0.25) is 5.02 Å². The van der Waals surface area contributed by atoms with E-state index in [9.17, 15) is 4.79 Å². The molecule has 0 aromatic heterocycles. The fourth-order valence-electron chi connectivity index (χ4n) is 1.46. The molecular formula is C12H13ClN2O2S. The van der Waals surface area contributed by atoms with Crippen LogP contribution in [-0.4, -0.2) is 18.4 Å². The Kier molecular flexibility index (Phi) is 4.38. The second kappa shape index (κ2) is 6.02. The van der Waals surface area contributed by atoms with Crippen molar-refractivity contribution >= 4 is 35.1 Å². The van der Waals surface area contributed by atoms with Gasteiger partial charge in [-0.3, -0.25) is 5.32 Å². The number of amides is 2. The molecule has 0 radical (unpaired) electrons. The van der Waals surface area contributed by atoms with Crippen molar-refractivity contribution in [2.24, 2.45) is 0 Å². The van der Waals surface area contributed by atoms with Gasteiger partial charge >= 0.3 is 6.03 Å². The van der Waals surface area contributed by atoms with Crippen molar-refractivity contribution in [3.05, 3.63) is 40.1 Å². The van der Waals surface area contributed by atoms with Crippen molar-refractivity contribution in [2.45, 2.75) is 6.92 Å². The zero-order chi connectivity index (χ0) is 13.0. The van der Waals surface area contributed by atoms with Gasteiger partial charge in [0, 0.05) is 16.5 Å². The van der Waals surface area contributed by atoms with E-state index in [1.807, 2.05) is 6.92 Å². The van der Waals surface area contributed by atoms with E-state index in [1.165, 1.54) is 0 Å². The fraction of sp³-hybridized carbons (Fsp3) is 0.250. The molecule has 2 rings (SSSR count). The van der Waals surface area contributed by atoms with Gasteiger partial charge in [0.15, 0.2) is 0 Å². The molecule has 96 valence electrons. The Hall–Kier alpha value is -1.33. The Bertz CT molecular complexity index is 491. The monoisotopic (exact) mass is 284 g/mol. The zero-order valence-corrected chi connectivity index (χ0v) is 11.4. The second-order valence-electron chi connectivity index (χ2n) is 3.67. The summed E-state index contributed by atoms with van der Waals surface area (Å²) < 4.78 is 5.36. The van der Waals surface area contributed by atoms with E-state index in [1.54, 1.807) is 36.0 Å². The van der Waals surface area contributed by atoms with E-state index in [4.69, 9.17) is 16.3 Å². The number of benzene rings is 1. The third-order valence-corrected chi connectivity index (χ3v) is 3.56. The van der Waals surface area contributed by atoms with Gasteiger partial charge in [-0.1, -0.05) is 17.7 Å². The average Bonchev–Trinajstić information content (AvgIpc) is 2.32. The van der Waals surface area contributed by atoms with Crippen LogP contribution in [0.15, 0.2) is 35.1 Å². The molecule has 1 aliphatic rings. The van der Waals surface area contributed by atoms with Crippen LogP contribution in [0.4, 0.5) is 10.5 Å². The minimum Gasteiger partial charge on any atom is -0.495 e. The Balaban J connectivity index is 1.97. The number of rotatable bonds is 2. The van der Waals surface area contributed by atoms with Crippen LogP contribution in [0.3, 0.4) is 0 Å². The van der Waals surface area contributed by atoms with Crippen LogP contribution in [0, 0.1) is 0 Å². The van der Waals surface area contributed by atoms with E-state index in [0.717, 1.165) is 16.5 Å². The number of anilines is 1. The van der Waals surface area contributed by atoms with Gasteiger partial charge in [-0.05, 0) is 25.1 Å². The van der Waals surface area contributed by atoms with Crippen molar-refractivity contribution in [1.29, 1.82) is 0 Å². The van der Waals surface area contributed by atoms with Gasteiger partial charge in [-0.25, -0.2) is 4.79 Å². The Morgan fingerprint density at radius 2 is 2.28 bits per heavy atom. The summed E-state index contributed by atoms with van der Waals surface area (Å²) in [6.45, 7) is 2.51. The summed E-state index contributed by atoms with van der Waals surface area (Å²) >= 11 is 7.41. The second-order valence-corrected chi connectivity index (χ2v) is 5.21. The van der Waals surface area contributed by atoms with Gasteiger partial charge in [-0.2, -0.15) is 0 Å². The molecule has 0 unspecified atom stereocenters. The molecular weight excluding hydrogens is 272 g/mol. The maximum absolute atomic E-state index is 11.8. The SMILES string of the molecule is CC1=C(NC(=O)Nc2cccc(Cl)c2)SCCO1. The maximum atomic E-state index is 11.8. The fourth-order valence-corrected chi connectivity index (χ4v) is 2.45. The van der Waals surface area contributed by atoms with E-state index in [2.05, 4.69) is 10.6 Å². The molecule has 1 aromatic rings. The van der Waals surface area contributed by atoms with E-state index < -0.39 is 0 Å². The van der Waals surface area contributed by atoms with Crippen LogP contribution in [0.1, 0.15) is 6.92 Å². The number of ether oxygens (including phenoxy) is 1. The highest BCUT2D eigenvalue weighted by atomic mass is 35.5. The minimum absolute atomic E-state index is 0.301. The van der Waals surface area contributed by atoms with Gasteiger partial charge in [0.2, 0.25) is 0 Å². The quantitative estimate of drug-likeness (QED) is 0.875. The molecule has 1 heterocycles. The molecule has 0 saturated heterocycles. The Morgan fingerprint density at radius 3 is 3.00 bits per heavy atom. The predicted octanol–water partition coefficient (Wildman–Crippen LogP) is 3.41. The van der Waals surface area contributed by atoms with Crippen molar-refractivity contribution in [1.82, 2.24) is 5.32 Å². The molecule has 0 aliphatic carbocycles. The Labute approximate surface area is 115 Å². The van der Waals surface area contributed by atoms with E-state index >= 15 is 0 Å². The molecule has 2 amide bonds. The smallest absolute Gasteiger partial charge is 0.324 e. The third kappa shape index (κ3) is 3.58. The lowest BCUT2D eigenvalue weighted by atomic mass is 10.3. The number of allylic oxidation sites excluding steroid dienone is 1. The van der Waals surface area contributed by atoms with E-state index in [0.29, 0.717) is 17.3 Å². The molecule has 0 bridgehead atoms. The summed E-state index contributed by atoms with van der Waals surface area (Å²) in [5.74, 6) is 1.58. The highest BCUT2D eigenvalue weighted by Gasteiger charge is 2.13. The van der Waals surface area contributed by atoms with Crippen molar-refractivity contribution in [3.63, 3.8) is 0 Å². The normalized spacial score (nSPS) is 15.0. The molecule has 4 nitrogen and oxygen atoms in total. The summed E-state index contributed by atoms with van der Waals surface area (Å²) in [6, 6.07) is 6.69. The standard InChI is InChI=1S/C12H13ClN2O2S/c1-8-11(18-6-5-17-8)15-12(16)14-10-4-2-3-9(13)7-10/h2-4,7H,5-6H2,1H3,(H2,14,15,16). The first kappa shape index (κ1) is 13.1. The molecule has 2 N–H and O–H groups in total. The number of urea groups is 1. The number of hydrogen-bond donors (Lipinski definition) is 2. The summed E-state index contributed by atoms with van der Waals surface area (Å²) in [5, 5.41) is 6.81. The van der Waals surface area contributed by atoms with Crippen LogP contribution in [0.5, 0.6) is 0 Å². The summed E-state index contributed by atoms with van der Waals surface area (Å²) in [4.78, 5) is 11.8. The summed E-state index contributed by atoms with van der Waals surface area (Å²) in [7, 11) is 0.